The molecule has 0 saturated carbocycles. The lowest BCUT2D eigenvalue weighted by Gasteiger charge is -2.12. The van der Waals surface area contributed by atoms with E-state index < -0.39 is 0 Å². The smallest absolute Gasteiger partial charge is 0.213 e. The average molecular weight is 468 g/mol. The second-order valence-electron chi connectivity index (χ2n) is 5.84. The molecule has 6 heteroatoms. The van der Waals surface area contributed by atoms with Crippen LogP contribution in [0.15, 0.2) is 53.7 Å². The molecule has 2 N–H and O–H groups in total. The van der Waals surface area contributed by atoms with Gasteiger partial charge in [-0.1, -0.05) is 50.1 Å². The highest BCUT2D eigenvalue weighted by molar-refractivity contribution is 14.0. The number of pyridine rings is 1. The molecule has 0 amide bonds. The van der Waals surface area contributed by atoms with Gasteiger partial charge in [-0.15, -0.1) is 24.0 Å². The first kappa shape index (κ1) is 22.2. The highest BCUT2D eigenvalue weighted by atomic mass is 127. The molecule has 0 saturated heterocycles. The van der Waals surface area contributed by atoms with E-state index in [1.165, 1.54) is 12.8 Å². The lowest BCUT2D eigenvalue weighted by atomic mass is 10.2. The van der Waals surface area contributed by atoms with Crippen LogP contribution in [0.1, 0.15) is 37.3 Å². The topological polar surface area (TPSA) is 58.5 Å². The van der Waals surface area contributed by atoms with Crippen LogP contribution in [-0.2, 0) is 13.2 Å². The maximum absolute atomic E-state index is 5.77. The van der Waals surface area contributed by atoms with Crippen LogP contribution in [0.2, 0.25) is 0 Å². The molecule has 2 rings (SSSR count). The van der Waals surface area contributed by atoms with Gasteiger partial charge in [0.2, 0.25) is 5.88 Å². The third-order valence-corrected chi connectivity index (χ3v) is 3.79. The van der Waals surface area contributed by atoms with Gasteiger partial charge in [-0.25, -0.2) is 4.98 Å². The largest absolute Gasteiger partial charge is 0.473 e. The number of nitrogens with zero attached hydrogens (tertiary/aromatic N) is 2. The minimum Gasteiger partial charge on any atom is -0.473 e. The van der Waals surface area contributed by atoms with Crippen molar-refractivity contribution in [3.05, 3.63) is 59.8 Å². The van der Waals surface area contributed by atoms with Gasteiger partial charge in [0.05, 0.1) is 0 Å². The molecular weight excluding hydrogens is 439 g/mol. The second kappa shape index (κ2) is 13.4. The summed E-state index contributed by atoms with van der Waals surface area (Å²) in [5.41, 5.74) is 2.24. The standard InChI is InChI=1S/C20H28N4O.HI/c1-3-4-8-12-23-20(21-2)24-15-18-11-13-22-19(14-18)25-16-17-9-6-5-7-10-17;/h5-7,9-11,13-14H,3-4,8,12,15-16H2,1-2H3,(H2,21,23,24);1H. The Kier molecular flexibility index (Phi) is 11.4. The van der Waals surface area contributed by atoms with E-state index in [4.69, 9.17) is 4.74 Å². The number of hydrogen-bond donors (Lipinski definition) is 2. The summed E-state index contributed by atoms with van der Waals surface area (Å²) in [4.78, 5) is 8.52. The maximum atomic E-state index is 5.77. The zero-order chi connectivity index (χ0) is 17.7. The quantitative estimate of drug-likeness (QED) is 0.252. The summed E-state index contributed by atoms with van der Waals surface area (Å²) in [6.45, 7) is 4.34. The average Bonchev–Trinajstić information content (AvgIpc) is 2.67. The number of hydrogen-bond acceptors (Lipinski definition) is 3. The molecule has 142 valence electrons. The van der Waals surface area contributed by atoms with Crippen molar-refractivity contribution in [3.8, 4) is 5.88 Å². The Morgan fingerprint density at radius 1 is 1.08 bits per heavy atom. The van der Waals surface area contributed by atoms with Crippen molar-refractivity contribution in [1.82, 2.24) is 15.6 Å². The molecule has 1 heterocycles. The van der Waals surface area contributed by atoms with Crippen LogP contribution in [0.5, 0.6) is 5.88 Å². The monoisotopic (exact) mass is 468 g/mol. The summed E-state index contributed by atoms with van der Waals surface area (Å²) in [6.07, 6.45) is 5.38. The van der Waals surface area contributed by atoms with Gasteiger partial charge in [0.25, 0.3) is 0 Å². The fourth-order valence-corrected chi connectivity index (χ4v) is 2.36. The minimum absolute atomic E-state index is 0. The fourth-order valence-electron chi connectivity index (χ4n) is 2.36. The van der Waals surface area contributed by atoms with Crippen LogP contribution in [0.4, 0.5) is 0 Å². The number of aliphatic imine (C=N–C) groups is 1. The first-order chi connectivity index (χ1) is 12.3. The molecule has 0 bridgehead atoms. The molecule has 0 aliphatic heterocycles. The van der Waals surface area contributed by atoms with E-state index >= 15 is 0 Å². The Bertz CT molecular complexity index is 649. The van der Waals surface area contributed by atoms with Gasteiger partial charge < -0.3 is 15.4 Å². The first-order valence-electron chi connectivity index (χ1n) is 8.88. The second-order valence-corrected chi connectivity index (χ2v) is 5.84. The van der Waals surface area contributed by atoms with Crippen LogP contribution < -0.4 is 15.4 Å². The normalized spacial score (nSPS) is 10.8. The lowest BCUT2D eigenvalue weighted by Crippen LogP contribution is -2.37. The van der Waals surface area contributed by atoms with Crippen LogP contribution in [0.3, 0.4) is 0 Å². The molecule has 0 radical (unpaired) electrons. The molecule has 0 aliphatic carbocycles. The van der Waals surface area contributed by atoms with Crippen molar-refractivity contribution in [3.63, 3.8) is 0 Å². The van der Waals surface area contributed by atoms with Crippen LogP contribution in [-0.4, -0.2) is 24.5 Å². The summed E-state index contributed by atoms with van der Waals surface area (Å²) in [6, 6.07) is 14.0. The molecule has 0 atom stereocenters. The minimum atomic E-state index is 0. The lowest BCUT2D eigenvalue weighted by molar-refractivity contribution is 0.293. The Morgan fingerprint density at radius 3 is 2.62 bits per heavy atom. The number of guanidine groups is 1. The summed E-state index contributed by atoms with van der Waals surface area (Å²) in [5, 5.41) is 6.65. The van der Waals surface area contributed by atoms with E-state index in [0.29, 0.717) is 19.0 Å². The number of ether oxygens (including phenoxy) is 1. The molecule has 5 nitrogen and oxygen atoms in total. The van der Waals surface area contributed by atoms with Crippen molar-refractivity contribution in [2.75, 3.05) is 13.6 Å². The van der Waals surface area contributed by atoms with E-state index in [1.54, 1.807) is 13.2 Å². The zero-order valence-electron chi connectivity index (χ0n) is 15.6. The van der Waals surface area contributed by atoms with Crippen LogP contribution in [0.25, 0.3) is 0 Å². The Hall–Kier alpha value is -1.83. The van der Waals surface area contributed by atoms with Crippen molar-refractivity contribution in [1.29, 1.82) is 0 Å². The zero-order valence-corrected chi connectivity index (χ0v) is 17.9. The molecule has 1 aromatic heterocycles. The number of halogens is 1. The highest BCUT2D eigenvalue weighted by Crippen LogP contribution is 2.11. The van der Waals surface area contributed by atoms with E-state index in [1.807, 2.05) is 42.5 Å². The molecule has 1 aromatic carbocycles. The van der Waals surface area contributed by atoms with E-state index in [-0.39, 0.29) is 24.0 Å². The summed E-state index contributed by atoms with van der Waals surface area (Å²) in [7, 11) is 1.79. The number of aromatic nitrogens is 1. The van der Waals surface area contributed by atoms with Crippen molar-refractivity contribution in [2.24, 2.45) is 4.99 Å². The van der Waals surface area contributed by atoms with Gasteiger partial charge in [-0.2, -0.15) is 0 Å². The molecule has 0 spiro atoms. The molecule has 0 fully saturated rings. The molecule has 0 unspecified atom stereocenters. The third kappa shape index (κ3) is 8.51. The predicted octanol–water partition coefficient (Wildman–Crippen LogP) is 4.13. The predicted molar refractivity (Wildman–Crippen MR) is 118 cm³/mol. The van der Waals surface area contributed by atoms with Gasteiger partial charge in [0, 0.05) is 32.4 Å². The van der Waals surface area contributed by atoms with Crippen LogP contribution in [0, 0.1) is 0 Å². The first-order valence-corrected chi connectivity index (χ1v) is 8.88. The fraction of sp³-hybridized carbons (Fsp3) is 0.400. The van der Waals surface area contributed by atoms with Crippen molar-refractivity contribution < 1.29 is 4.74 Å². The number of nitrogens with one attached hydrogen (secondary N) is 2. The van der Waals surface area contributed by atoms with Gasteiger partial charge in [0.1, 0.15) is 6.61 Å². The van der Waals surface area contributed by atoms with Crippen molar-refractivity contribution in [2.45, 2.75) is 39.3 Å². The van der Waals surface area contributed by atoms with E-state index in [2.05, 4.69) is 27.5 Å². The van der Waals surface area contributed by atoms with Crippen LogP contribution >= 0.6 is 24.0 Å². The number of benzene rings is 1. The number of unbranched alkanes of at least 4 members (excludes halogenated alkanes) is 2. The van der Waals surface area contributed by atoms with Gasteiger partial charge in [-0.05, 0) is 23.6 Å². The van der Waals surface area contributed by atoms with Gasteiger partial charge in [-0.3, -0.25) is 4.99 Å². The number of rotatable bonds is 9. The summed E-state index contributed by atoms with van der Waals surface area (Å²) < 4.78 is 5.77. The maximum Gasteiger partial charge on any atom is 0.213 e. The Morgan fingerprint density at radius 2 is 1.88 bits per heavy atom. The van der Waals surface area contributed by atoms with E-state index in [9.17, 15) is 0 Å². The van der Waals surface area contributed by atoms with E-state index in [0.717, 1.165) is 30.1 Å². The highest BCUT2D eigenvalue weighted by Gasteiger charge is 2.02. The SMILES string of the molecule is CCCCCNC(=NC)NCc1ccnc(OCc2ccccc2)c1.I. The molecule has 2 aromatic rings. The summed E-state index contributed by atoms with van der Waals surface area (Å²) in [5.74, 6) is 1.45. The van der Waals surface area contributed by atoms with Crippen molar-refractivity contribution >= 4 is 29.9 Å². The van der Waals surface area contributed by atoms with Gasteiger partial charge in [0.15, 0.2) is 5.96 Å². The Balaban J connectivity index is 0.00000338. The Labute approximate surface area is 173 Å². The third-order valence-electron chi connectivity index (χ3n) is 3.79. The van der Waals surface area contributed by atoms with Gasteiger partial charge >= 0.3 is 0 Å². The molecule has 26 heavy (non-hydrogen) atoms. The molecular formula is C20H29IN4O. The summed E-state index contributed by atoms with van der Waals surface area (Å²) >= 11 is 0. The molecule has 0 aliphatic rings.